The molecule has 8 heteroatoms. The summed E-state index contributed by atoms with van der Waals surface area (Å²) in [6.07, 6.45) is 3.13. The van der Waals surface area contributed by atoms with Gasteiger partial charge in [-0.3, -0.25) is 9.00 Å². The van der Waals surface area contributed by atoms with E-state index in [2.05, 4.69) is 20.2 Å². The number of nitrogens with one attached hydrogen (secondary N) is 3. The first-order chi connectivity index (χ1) is 10.1. The topological polar surface area (TPSA) is 102 Å². The zero-order valence-corrected chi connectivity index (χ0v) is 12.2. The van der Waals surface area contributed by atoms with E-state index in [9.17, 15) is 9.00 Å². The van der Waals surface area contributed by atoms with E-state index in [1.807, 2.05) is 0 Å². The number of ether oxygens (including phenoxy) is 1. The lowest BCUT2D eigenvalue weighted by Gasteiger charge is -2.05. The predicted octanol–water partition coefficient (Wildman–Crippen LogP) is 0.478. The van der Waals surface area contributed by atoms with Gasteiger partial charge in [0, 0.05) is 22.0 Å². The van der Waals surface area contributed by atoms with E-state index in [-0.39, 0.29) is 5.56 Å². The van der Waals surface area contributed by atoms with Crippen LogP contribution in [-0.2, 0) is 10.8 Å². The van der Waals surface area contributed by atoms with E-state index in [0.29, 0.717) is 27.5 Å². The third kappa shape index (κ3) is 2.33. The summed E-state index contributed by atoms with van der Waals surface area (Å²) in [6, 6.07) is 5.27. The summed E-state index contributed by atoms with van der Waals surface area (Å²) in [4.78, 5) is 18.4. The smallest absolute Gasteiger partial charge is 0.315 e. The molecule has 0 aliphatic heterocycles. The number of hydrogen-bond acceptors (Lipinski definition) is 4. The molecule has 0 saturated carbocycles. The van der Waals surface area contributed by atoms with Crippen LogP contribution >= 0.6 is 0 Å². The number of H-pyrrole nitrogens is 3. The van der Waals surface area contributed by atoms with Crippen molar-refractivity contribution < 1.29 is 13.9 Å². The molecule has 21 heavy (non-hydrogen) atoms. The minimum absolute atomic E-state index is 0.305. The van der Waals surface area contributed by atoms with Crippen molar-refractivity contribution >= 4 is 21.8 Å². The van der Waals surface area contributed by atoms with E-state index in [0.717, 1.165) is 5.56 Å². The average molecular weight is 305 g/mol. The molecule has 0 bridgehead atoms. The molecule has 1 aromatic carbocycles. The third-order valence-electron chi connectivity index (χ3n) is 3.14. The summed E-state index contributed by atoms with van der Waals surface area (Å²) < 4.78 is 16.9. The second kappa shape index (κ2) is 5.13. The molecule has 1 atom stereocenters. The Labute approximate surface area is 121 Å². The van der Waals surface area contributed by atoms with Crippen molar-refractivity contribution in [2.75, 3.05) is 13.4 Å². The highest BCUT2D eigenvalue weighted by molar-refractivity contribution is 7.84. The van der Waals surface area contributed by atoms with Crippen LogP contribution < -0.4 is 15.3 Å². The Morgan fingerprint density at radius 1 is 1.38 bits per heavy atom. The van der Waals surface area contributed by atoms with Crippen molar-refractivity contribution in [3.63, 3.8) is 0 Å². The summed E-state index contributed by atoms with van der Waals surface area (Å²) in [5.41, 5.74) is 1.44. The molecule has 2 heterocycles. The summed E-state index contributed by atoms with van der Waals surface area (Å²) in [5.74, 6) is 1.18. The van der Waals surface area contributed by atoms with Crippen LogP contribution in [0.5, 0.6) is 5.75 Å². The van der Waals surface area contributed by atoms with Crippen LogP contribution in [0.25, 0.3) is 22.4 Å². The van der Waals surface area contributed by atoms with Crippen molar-refractivity contribution in [2.24, 2.45) is 0 Å². The van der Waals surface area contributed by atoms with Gasteiger partial charge < -0.3 is 4.74 Å². The van der Waals surface area contributed by atoms with E-state index < -0.39 is 10.8 Å². The van der Waals surface area contributed by atoms with Crippen LogP contribution in [0.4, 0.5) is 0 Å². The standard InChI is InChI=1S/C13H12N4O3S/c1-20-10-5-7(21(2)19)3-4-8(10)12-15-9-6-14-17-13(18)11(9)16-12/h3-6H,1-2H3,(H,15,16)(H,17,18)/p+1. The molecule has 3 N–H and O–H groups in total. The second-order valence-corrected chi connectivity index (χ2v) is 5.81. The Morgan fingerprint density at radius 3 is 2.86 bits per heavy atom. The lowest BCUT2D eigenvalue weighted by molar-refractivity contribution is -0.331. The number of benzene rings is 1. The number of methoxy groups -OCH3 is 1. The Morgan fingerprint density at radius 2 is 2.19 bits per heavy atom. The van der Waals surface area contributed by atoms with E-state index in [1.165, 1.54) is 13.3 Å². The van der Waals surface area contributed by atoms with Gasteiger partial charge in [0.15, 0.2) is 5.52 Å². The number of hydrogen-bond donors (Lipinski definition) is 2. The van der Waals surface area contributed by atoms with Crippen molar-refractivity contribution in [3.8, 4) is 17.1 Å². The third-order valence-corrected chi connectivity index (χ3v) is 4.06. The monoisotopic (exact) mass is 305 g/mol. The largest absolute Gasteiger partial charge is 0.496 e. The zero-order valence-electron chi connectivity index (χ0n) is 11.4. The van der Waals surface area contributed by atoms with E-state index in [1.54, 1.807) is 24.5 Å². The fourth-order valence-corrected chi connectivity index (χ4v) is 2.63. The molecule has 0 aliphatic carbocycles. The molecule has 3 rings (SSSR count). The van der Waals surface area contributed by atoms with Gasteiger partial charge in [-0.1, -0.05) is 0 Å². The molecule has 3 aromatic rings. The molecule has 0 fully saturated rings. The van der Waals surface area contributed by atoms with Crippen molar-refractivity contribution in [2.45, 2.75) is 4.90 Å². The van der Waals surface area contributed by atoms with Gasteiger partial charge >= 0.3 is 5.56 Å². The summed E-state index contributed by atoms with van der Waals surface area (Å²) in [5, 5.41) is 6.10. The van der Waals surface area contributed by atoms with Crippen LogP contribution in [0.15, 0.2) is 34.1 Å². The van der Waals surface area contributed by atoms with Crippen molar-refractivity contribution in [1.82, 2.24) is 15.2 Å². The number of nitrogens with zero attached hydrogens (tertiary/aromatic N) is 1. The summed E-state index contributed by atoms with van der Waals surface area (Å²) in [7, 11) is 0.451. The average Bonchev–Trinajstić information content (AvgIpc) is 2.91. The first-order valence-corrected chi connectivity index (χ1v) is 7.66. The van der Waals surface area contributed by atoms with Gasteiger partial charge in [0.2, 0.25) is 5.52 Å². The quantitative estimate of drug-likeness (QED) is 0.734. The first kappa shape index (κ1) is 13.5. The van der Waals surface area contributed by atoms with Gasteiger partial charge in [-0.15, -0.1) is 0 Å². The highest BCUT2D eigenvalue weighted by Crippen LogP contribution is 2.29. The summed E-state index contributed by atoms with van der Waals surface area (Å²) >= 11 is 0. The van der Waals surface area contributed by atoms with Gasteiger partial charge in [-0.05, 0) is 18.2 Å². The molecule has 0 amide bonds. The summed E-state index contributed by atoms with van der Waals surface area (Å²) in [6.45, 7) is 0. The van der Waals surface area contributed by atoms with Gasteiger partial charge in [-0.25, -0.2) is 15.1 Å². The van der Waals surface area contributed by atoms with Crippen LogP contribution in [0.3, 0.4) is 0 Å². The number of aromatic amines is 3. The molecule has 0 radical (unpaired) electrons. The number of rotatable bonds is 3. The lowest BCUT2D eigenvalue weighted by atomic mass is 10.2. The minimum atomic E-state index is -1.09. The Hall–Kier alpha value is -2.48. The highest BCUT2D eigenvalue weighted by Gasteiger charge is 2.19. The van der Waals surface area contributed by atoms with Gasteiger partial charge in [0.05, 0.1) is 13.3 Å². The number of fused-ring (bicyclic) bond motifs is 1. The maximum absolute atomic E-state index is 11.7. The van der Waals surface area contributed by atoms with Crippen LogP contribution in [0.2, 0.25) is 0 Å². The molecular weight excluding hydrogens is 292 g/mol. The predicted molar refractivity (Wildman–Crippen MR) is 77.6 cm³/mol. The number of imidazole rings is 1. The number of aromatic nitrogens is 4. The van der Waals surface area contributed by atoms with Gasteiger partial charge in [0.25, 0.3) is 5.82 Å². The first-order valence-electron chi connectivity index (χ1n) is 6.10. The van der Waals surface area contributed by atoms with Crippen molar-refractivity contribution in [1.29, 1.82) is 0 Å². The SMILES string of the molecule is COc1cc(S(C)=O)ccc1-c1[nH]c2cn[nH]c(=O)c2[nH+]1. The fraction of sp³-hybridized carbons (Fsp3) is 0.154. The fourth-order valence-electron chi connectivity index (χ4n) is 2.10. The molecule has 0 aliphatic rings. The lowest BCUT2D eigenvalue weighted by Crippen LogP contribution is -2.15. The Bertz CT molecular complexity index is 900. The normalized spacial score (nSPS) is 12.5. The van der Waals surface area contributed by atoms with E-state index >= 15 is 0 Å². The molecule has 0 spiro atoms. The minimum Gasteiger partial charge on any atom is -0.496 e. The molecule has 0 saturated heterocycles. The molecule has 2 aromatic heterocycles. The Balaban J connectivity index is 2.20. The molecule has 1 unspecified atom stereocenters. The highest BCUT2D eigenvalue weighted by atomic mass is 32.2. The van der Waals surface area contributed by atoms with E-state index in [4.69, 9.17) is 4.74 Å². The molecule has 7 nitrogen and oxygen atoms in total. The zero-order chi connectivity index (χ0) is 15.0. The van der Waals surface area contributed by atoms with Crippen LogP contribution in [-0.4, -0.2) is 32.8 Å². The molecule has 108 valence electrons. The van der Waals surface area contributed by atoms with Crippen LogP contribution in [0.1, 0.15) is 0 Å². The maximum Gasteiger partial charge on any atom is 0.315 e. The molecular formula is C13H13N4O3S+. The van der Waals surface area contributed by atoms with Gasteiger partial charge in [-0.2, -0.15) is 5.10 Å². The second-order valence-electron chi connectivity index (χ2n) is 4.43. The van der Waals surface area contributed by atoms with Crippen molar-refractivity contribution in [3.05, 3.63) is 34.7 Å². The maximum atomic E-state index is 11.7. The Kier molecular flexibility index (Phi) is 3.30. The van der Waals surface area contributed by atoms with Crippen LogP contribution in [0, 0.1) is 0 Å². The van der Waals surface area contributed by atoms with Gasteiger partial charge in [0.1, 0.15) is 11.3 Å².